The Hall–Kier alpha value is -1.20. The van der Waals surface area contributed by atoms with E-state index in [0.717, 1.165) is 34.7 Å². The van der Waals surface area contributed by atoms with Crippen LogP contribution in [0.2, 0.25) is 0 Å². The molecule has 2 aromatic rings. The van der Waals surface area contributed by atoms with Crippen molar-refractivity contribution in [2.45, 2.75) is 46.3 Å². The predicted octanol–water partition coefficient (Wildman–Crippen LogP) is 3.78. The van der Waals surface area contributed by atoms with Gasteiger partial charge >= 0.3 is 0 Å². The number of hydrogen-bond acceptors (Lipinski definition) is 3. The lowest BCUT2D eigenvalue weighted by Gasteiger charge is -2.51. The molecule has 2 atom stereocenters. The first kappa shape index (κ1) is 13.8. The molecular formula is C15H21N3OS. The molecule has 0 radical (unpaired) electrons. The lowest BCUT2D eigenvalue weighted by molar-refractivity contribution is -0.127. The Morgan fingerprint density at radius 2 is 2.25 bits per heavy atom. The molecule has 0 amide bonds. The van der Waals surface area contributed by atoms with Gasteiger partial charge in [-0.2, -0.15) is 0 Å². The number of aromatic nitrogens is 3. The highest BCUT2D eigenvalue weighted by molar-refractivity contribution is 7.71. The largest absolute Gasteiger partial charge is 0.378 e. The van der Waals surface area contributed by atoms with Crippen LogP contribution in [-0.2, 0) is 4.74 Å². The zero-order chi connectivity index (χ0) is 14.5. The normalized spacial score (nSPS) is 24.8. The zero-order valence-corrected chi connectivity index (χ0v) is 13.3. The Kier molecular flexibility index (Phi) is 3.21. The molecule has 20 heavy (non-hydrogen) atoms. The molecule has 1 fully saturated rings. The molecule has 1 aliphatic rings. The Bertz CT molecular complexity index is 701. The second-order valence-corrected chi connectivity index (χ2v) is 6.53. The average molecular weight is 291 g/mol. The van der Waals surface area contributed by atoms with Crippen molar-refractivity contribution >= 4 is 23.4 Å². The van der Waals surface area contributed by atoms with E-state index >= 15 is 0 Å². The molecule has 1 saturated carbocycles. The predicted molar refractivity (Wildman–Crippen MR) is 82.5 cm³/mol. The number of nitrogens with one attached hydrogen (secondary N) is 1. The van der Waals surface area contributed by atoms with Crippen LogP contribution in [0.3, 0.4) is 0 Å². The maximum atomic E-state index is 5.82. The van der Waals surface area contributed by atoms with Gasteiger partial charge in [-0.3, -0.25) is 4.57 Å². The molecule has 2 unspecified atom stereocenters. The van der Waals surface area contributed by atoms with Crippen LogP contribution in [0, 0.1) is 17.1 Å². The first-order valence-corrected chi connectivity index (χ1v) is 7.55. The number of imidazole rings is 1. The molecule has 1 aliphatic carbocycles. The molecule has 1 N–H and O–H groups in total. The highest BCUT2D eigenvalue weighted by atomic mass is 32.1. The minimum Gasteiger partial charge on any atom is -0.378 e. The van der Waals surface area contributed by atoms with Gasteiger partial charge in [0.2, 0.25) is 0 Å². The van der Waals surface area contributed by atoms with E-state index in [1.165, 1.54) is 0 Å². The van der Waals surface area contributed by atoms with Gasteiger partial charge in [0.1, 0.15) is 0 Å². The molecule has 0 spiro atoms. The van der Waals surface area contributed by atoms with E-state index < -0.39 is 0 Å². The minimum atomic E-state index is 0.0782. The van der Waals surface area contributed by atoms with E-state index in [1.807, 2.05) is 19.9 Å². The van der Waals surface area contributed by atoms with Crippen LogP contribution in [0.4, 0.5) is 0 Å². The van der Waals surface area contributed by atoms with Crippen molar-refractivity contribution in [2.24, 2.45) is 5.41 Å². The first-order valence-electron chi connectivity index (χ1n) is 7.14. The number of H-pyrrole nitrogens is 1. The number of nitrogens with zero attached hydrogens (tertiary/aromatic N) is 2. The SMILES string of the molecule is CCOC1CC(n2c(=S)[nH]c3ccc(C)nc32)C1(C)C. The quantitative estimate of drug-likeness (QED) is 0.875. The van der Waals surface area contributed by atoms with Crippen LogP contribution in [0.25, 0.3) is 11.2 Å². The van der Waals surface area contributed by atoms with Crippen molar-refractivity contribution in [3.63, 3.8) is 0 Å². The number of aromatic amines is 1. The summed E-state index contributed by atoms with van der Waals surface area (Å²) in [5, 5.41) is 0. The van der Waals surface area contributed by atoms with Crippen molar-refractivity contribution in [1.29, 1.82) is 0 Å². The summed E-state index contributed by atoms with van der Waals surface area (Å²) in [6.45, 7) is 9.31. The maximum Gasteiger partial charge on any atom is 0.179 e. The van der Waals surface area contributed by atoms with Gasteiger partial charge < -0.3 is 9.72 Å². The number of aryl methyl sites for hydroxylation is 1. The van der Waals surface area contributed by atoms with Crippen LogP contribution >= 0.6 is 12.2 Å². The van der Waals surface area contributed by atoms with Gasteiger partial charge in [0, 0.05) is 23.8 Å². The van der Waals surface area contributed by atoms with Gasteiger partial charge in [-0.15, -0.1) is 0 Å². The molecule has 0 bridgehead atoms. The Labute approximate surface area is 124 Å². The number of rotatable bonds is 3. The first-order chi connectivity index (χ1) is 9.45. The van der Waals surface area contributed by atoms with E-state index in [1.54, 1.807) is 0 Å². The highest BCUT2D eigenvalue weighted by Gasteiger charge is 2.50. The number of pyridine rings is 1. The lowest BCUT2D eigenvalue weighted by atomic mass is 9.64. The summed E-state index contributed by atoms with van der Waals surface area (Å²) < 4.78 is 8.75. The van der Waals surface area contributed by atoms with Crippen LogP contribution < -0.4 is 0 Å². The Balaban J connectivity index is 2.06. The summed E-state index contributed by atoms with van der Waals surface area (Å²) in [6, 6.07) is 4.40. The van der Waals surface area contributed by atoms with Crippen molar-refractivity contribution in [1.82, 2.24) is 14.5 Å². The van der Waals surface area contributed by atoms with Crippen LogP contribution in [-0.4, -0.2) is 27.2 Å². The molecule has 5 heteroatoms. The topological polar surface area (TPSA) is 42.8 Å². The summed E-state index contributed by atoms with van der Waals surface area (Å²) in [5.74, 6) is 0. The number of fused-ring (bicyclic) bond motifs is 1. The lowest BCUT2D eigenvalue weighted by Crippen LogP contribution is -2.51. The molecule has 2 aromatic heterocycles. The molecule has 2 heterocycles. The van der Waals surface area contributed by atoms with E-state index in [0.29, 0.717) is 12.1 Å². The molecule has 3 rings (SSSR count). The van der Waals surface area contributed by atoms with Gasteiger partial charge in [-0.25, -0.2) is 4.98 Å². The number of hydrogen-bond donors (Lipinski definition) is 1. The molecule has 0 aromatic carbocycles. The monoisotopic (exact) mass is 291 g/mol. The van der Waals surface area contributed by atoms with E-state index in [9.17, 15) is 0 Å². The molecule has 0 aliphatic heterocycles. The second-order valence-electron chi connectivity index (χ2n) is 6.14. The standard InChI is InChI=1S/C15H21N3OS/c1-5-19-12-8-11(15(12,3)4)18-13-10(17-14(18)20)7-6-9(2)16-13/h6-7,11-12H,5,8H2,1-4H3,(H,17,20). The van der Waals surface area contributed by atoms with E-state index in [4.69, 9.17) is 17.0 Å². The van der Waals surface area contributed by atoms with Crippen molar-refractivity contribution in [3.05, 3.63) is 22.6 Å². The summed E-state index contributed by atoms with van der Waals surface area (Å²) in [7, 11) is 0. The maximum absolute atomic E-state index is 5.82. The van der Waals surface area contributed by atoms with Gasteiger partial charge in [-0.1, -0.05) is 13.8 Å². The zero-order valence-electron chi connectivity index (χ0n) is 12.4. The van der Waals surface area contributed by atoms with Gasteiger partial charge in [0.15, 0.2) is 10.4 Å². The average Bonchev–Trinajstić information content (AvgIpc) is 2.70. The molecule has 108 valence electrons. The van der Waals surface area contributed by atoms with Crippen LogP contribution in [0.1, 0.15) is 38.9 Å². The summed E-state index contributed by atoms with van der Waals surface area (Å²) in [6.07, 6.45) is 1.30. The fraction of sp³-hybridized carbons (Fsp3) is 0.600. The van der Waals surface area contributed by atoms with Crippen molar-refractivity contribution < 1.29 is 4.74 Å². The molecular weight excluding hydrogens is 270 g/mol. The van der Waals surface area contributed by atoms with Crippen LogP contribution in [0.5, 0.6) is 0 Å². The van der Waals surface area contributed by atoms with E-state index in [-0.39, 0.29) is 5.41 Å². The van der Waals surface area contributed by atoms with E-state index in [2.05, 4.69) is 34.4 Å². The van der Waals surface area contributed by atoms with Gasteiger partial charge in [0.25, 0.3) is 0 Å². The third kappa shape index (κ3) is 1.91. The fourth-order valence-corrected chi connectivity index (χ4v) is 3.50. The summed E-state index contributed by atoms with van der Waals surface area (Å²) in [4.78, 5) is 7.92. The van der Waals surface area contributed by atoms with Crippen molar-refractivity contribution in [3.8, 4) is 0 Å². The summed E-state index contributed by atoms with van der Waals surface area (Å²) in [5.41, 5.74) is 3.06. The number of ether oxygens (including phenoxy) is 1. The third-order valence-electron chi connectivity index (χ3n) is 4.51. The third-order valence-corrected chi connectivity index (χ3v) is 4.81. The van der Waals surface area contributed by atoms with Crippen molar-refractivity contribution in [2.75, 3.05) is 6.61 Å². The minimum absolute atomic E-state index is 0.0782. The smallest absolute Gasteiger partial charge is 0.179 e. The fourth-order valence-electron chi connectivity index (χ4n) is 3.17. The Morgan fingerprint density at radius 3 is 2.90 bits per heavy atom. The second kappa shape index (κ2) is 4.67. The van der Waals surface area contributed by atoms with Gasteiger partial charge in [-0.05, 0) is 44.6 Å². The molecule has 4 nitrogen and oxygen atoms in total. The Morgan fingerprint density at radius 1 is 1.50 bits per heavy atom. The highest BCUT2D eigenvalue weighted by Crippen LogP contribution is 2.52. The van der Waals surface area contributed by atoms with Gasteiger partial charge in [0.05, 0.1) is 11.6 Å². The summed E-state index contributed by atoms with van der Waals surface area (Å²) >= 11 is 5.51. The molecule has 0 saturated heterocycles. The van der Waals surface area contributed by atoms with Crippen LogP contribution in [0.15, 0.2) is 12.1 Å².